The number of nitrogens with zero attached hydrogens (tertiary/aromatic N) is 2. The smallest absolute Gasteiger partial charge is 0.407 e. The second kappa shape index (κ2) is 12.3. The van der Waals surface area contributed by atoms with E-state index in [1.54, 1.807) is 31.2 Å². The van der Waals surface area contributed by atoms with Gasteiger partial charge in [0.25, 0.3) is 0 Å². The molecule has 1 fully saturated rings. The van der Waals surface area contributed by atoms with Crippen molar-refractivity contribution in [1.82, 2.24) is 20.6 Å². The molecule has 5 rings (SSSR count). The lowest BCUT2D eigenvalue weighted by Crippen LogP contribution is -2.36. The fourth-order valence-corrected chi connectivity index (χ4v) is 5.19. The largest absolute Gasteiger partial charge is 0.487 e. The Hall–Kier alpha value is -3.91. The number of carbonyl (C=O) groups is 1. The highest BCUT2D eigenvalue weighted by molar-refractivity contribution is 7.19. The van der Waals surface area contributed by atoms with Crippen LogP contribution in [0.2, 0.25) is 5.02 Å². The van der Waals surface area contributed by atoms with Crippen LogP contribution in [0.3, 0.4) is 0 Å². The van der Waals surface area contributed by atoms with Crippen LogP contribution in [0.15, 0.2) is 54.9 Å². The highest BCUT2D eigenvalue weighted by Crippen LogP contribution is 2.33. The number of alkyl carbamates (subject to hydrolysis) is 1. The van der Waals surface area contributed by atoms with Crippen molar-refractivity contribution < 1.29 is 18.7 Å². The van der Waals surface area contributed by atoms with E-state index >= 15 is 0 Å². The van der Waals surface area contributed by atoms with Gasteiger partial charge in [0.15, 0.2) is 0 Å². The zero-order valence-corrected chi connectivity index (χ0v) is 22.5. The van der Waals surface area contributed by atoms with Gasteiger partial charge in [0, 0.05) is 18.3 Å². The normalized spacial score (nSPS) is 16.4. The molecule has 1 aliphatic rings. The second-order valence-electron chi connectivity index (χ2n) is 8.77. The molecule has 1 saturated heterocycles. The molecule has 1 aliphatic heterocycles. The molecule has 8 nitrogen and oxygen atoms in total. The topological polar surface area (TPSA) is 97.4 Å². The van der Waals surface area contributed by atoms with E-state index in [4.69, 9.17) is 21.1 Å². The van der Waals surface area contributed by atoms with Crippen molar-refractivity contribution >= 4 is 50.8 Å². The molecule has 0 aliphatic carbocycles. The first-order valence-electron chi connectivity index (χ1n) is 12.3. The first-order valence-corrected chi connectivity index (χ1v) is 13.5. The third-order valence-corrected chi connectivity index (χ3v) is 7.16. The van der Waals surface area contributed by atoms with E-state index in [0.29, 0.717) is 41.7 Å². The molecular formula is C28H25ClFN5O3S. The SMILES string of the molecule is CCOC(=O)N[C@@H]1CN[C@H](C#Cc2cc3c(Nc4ccc(OCc5cccc(F)c5)c(Cl)c4)ncnc3s2)C1. The zero-order chi connectivity index (χ0) is 27.2. The fraction of sp³-hybridized carbons (Fsp3) is 0.250. The molecule has 1 amide bonds. The molecule has 0 saturated carbocycles. The summed E-state index contributed by atoms with van der Waals surface area (Å²) >= 11 is 7.93. The summed E-state index contributed by atoms with van der Waals surface area (Å²) in [5.41, 5.74) is 1.44. The minimum absolute atomic E-state index is 0.0163. The summed E-state index contributed by atoms with van der Waals surface area (Å²) < 4.78 is 24.1. The summed E-state index contributed by atoms with van der Waals surface area (Å²) in [7, 11) is 0. The first kappa shape index (κ1) is 26.7. The number of rotatable bonds is 7. The third kappa shape index (κ3) is 6.95. The van der Waals surface area contributed by atoms with E-state index in [2.05, 4.69) is 37.8 Å². The zero-order valence-electron chi connectivity index (χ0n) is 21.0. The van der Waals surface area contributed by atoms with Gasteiger partial charge >= 0.3 is 6.09 Å². The van der Waals surface area contributed by atoms with Crippen LogP contribution in [-0.4, -0.2) is 41.3 Å². The minimum atomic E-state index is -0.409. The molecule has 0 bridgehead atoms. The molecule has 39 heavy (non-hydrogen) atoms. The number of thiophene rings is 1. The van der Waals surface area contributed by atoms with Gasteiger partial charge in [-0.2, -0.15) is 0 Å². The number of hydrogen-bond donors (Lipinski definition) is 3. The number of ether oxygens (including phenoxy) is 2. The lowest BCUT2D eigenvalue weighted by molar-refractivity contribution is 0.148. The Balaban J connectivity index is 1.24. The Morgan fingerprint density at radius 1 is 1.26 bits per heavy atom. The third-order valence-electron chi connectivity index (χ3n) is 5.91. The van der Waals surface area contributed by atoms with Crippen LogP contribution in [0.1, 0.15) is 23.8 Å². The van der Waals surface area contributed by atoms with Crippen LogP contribution >= 0.6 is 22.9 Å². The minimum Gasteiger partial charge on any atom is -0.487 e. The van der Waals surface area contributed by atoms with Crippen LogP contribution in [0.4, 0.5) is 20.7 Å². The van der Waals surface area contributed by atoms with Crippen LogP contribution in [-0.2, 0) is 11.3 Å². The number of amides is 1. The Morgan fingerprint density at radius 2 is 2.15 bits per heavy atom. The van der Waals surface area contributed by atoms with Crippen molar-refractivity contribution in [3.05, 3.63) is 76.1 Å². The summed E-state index contributed by atoms with van der Waals surface area (Å²) in [5.74, 6) is 7.27. The van der Waals surface area contributed by atoms with Gasteiger partial charge in [-0.25, -0.2) is 19.2 Å². The van der Waals surface area contributed by atoms with Crippen molar-refractivity contribution in [2.45, 2.75) is 32.0 Å². The van der Waals surface area contributed by atoms with E-state index in [-0.39, 0.29) is 24.5 Å². The number of aromatic nitrogens is 2. The number of hydrogen-bond acceptors (Lipinski definition) is 8. The van der Waals surface area contributed by atoms with Gasteiger partial charge in [0.1, 0.15) is 35.1 Å². The Bertz CT molecular complexity index is 1550. The van der Waals surface area contributed by atoms with E-state index < -0.39 is 6.09 Å². The molecule has 3 heterocycles. The highest BCUT2D eigenvalue weighted by Gasteiger charge is 2.24. The maximum Gasteiger partial charge on any atom is 0.407 e. The van der Waals surface area contributed by atoms with Gasteiger partial charge < -0.3 is 25.4 Å². The first-order chi connectivity index (χ1) is 19.0. The summed E-state index contributed by atoms with van der Waals surface area (Å²) in [6.45, 7) is 2.96. The van der Waals surface area contributed by atoms with Crippen LogP contribution in [0, 0.1) is 17.7 Å². The van der Waals surface area contributed by atoms with Gasteiger partial charge in [-0.3, -0.25) is 0 Å². The molecule has 2 aromatic heterocycles. The highest BCUT2D eigenvalue weighted by atomic mass is 35.5. The molecular weight excluding hydrogens is 541 g/mol. The summed E-state index contributed by atoms with van der Waals surface area (Å²) in [6, 6.07) is 13.5. The maximum atomic E-state index is 13.4. The number of benzene rings is 2. The summed E-state index contributed by atoms with van der Waals surface area (Å²) in [5, 5.41) is 10.7. The lowest BCUT2D eigenvalue weighted by atomic mass is 10.2. The Morgan fingerprint density at radius 3 is 2.97 bits per heavy atom. The molecule has 200 valence electrons. The molecule has 0 radical (unpaired) electrons. The fourth-order valence-electron chi connectivity index (χ4n) is 4.09. The lowest BCUT2D eigenvalue weighted by Gasteiger charge is -2.11. The Labute approximate surface area is 233 Å². The quantitative estimate of drug-likeness (QED) is 0.250. The van der Waals surface area contributed by atoms with Gasteiger partial charge in [0.2, 0.25) is 0 Å². The number of nitrogens with one attached hydrogen (secondary N) is 3. The van der Waals surface area contributed by atoms with Gasteiger partial charge in [-0.15, -0.1) is 11.3 Å². The molecule has 0 unspecified atom stereocenters. The maximum absolute atomic E-state index is 13.4. The van der Waals surface area contributed by atoms with Gasteiger partial charge in [0.05, 0.1) is 27.9 Å². The van der Waals surface area contributed by atoms with Crippen molar-refractivity contribution in [2.24, 2.45) is 0 Å². The molecule has 11 heteroatoms. The molecule has 4 aromatic rings. The molecule has 3 N–H and O–H groups in total. The van der Waals surface area contributed by atoms with Crippen molar-refractivity contribution in [3.63, 3.8) is 0 Å². The van der Waals surface area contributed by atoms with E-state index in [1.807, 2.05) is 12.1 Å². The number of fused-ring (bicyclic) bond motifs is 1. The number of halogens is 2. The summed E-state index contributed by atoms with van der Waals surface area (Å²) in [6.07, 6.45) is 1.79. The predicted octanol–water partition coefficient (Wildman–Crippen LogP) is 5.63. The predicted molar refractivity (Wildman–Crippen MR) is 150 cm³/mol. The van der Waals surface area contributed by atoms with Crippen molar-refractivity contribution in [2.75, 3.05) is 18.5 Å². The van der Waals surface area contributed by atoms with Crippen LogP contribution < -0.4 is 20.7 Å². The summed E-state index contributed by atoms with van der Waals surface area (Å²) in [4.78, 5) is 22.1. The average molecular weight is 566 g/mol. The van der Waals surface area contributed by atoms with Crippen molar-refractivity contribution in [1.29, 1.82) is 0 Å². The molecule has 0 spiro atoms. The number of carbonyl (C=O) groups excluding carboxylic acids is 1. The van der Waals surface area contributed by atoms with E-state index in [0.717, 1.165) is 20.8 Å². The number of anilines is 2. The van der Waals surface area contributed by atoms with Gasteiger partial charge in [-0.1, -0.05) is 35.6 Å². The van der Waals surface area contributed by atoms with E-state index in [9.17, 15) is 9.18 Å². The molecule has 2 atom stereocenters. The van der Waals surface area contributed by atoms with Crippen LogP contribution in [0.5, 0.6) is 5.75 Å². The monoisotopic (exact) mass is 565 g/mol. The second-order valence-corrected chi connectivity index (χ2v) is 10.2. The Kier molecular flexibility index (Phi) is 8.42. The van der Waals surface area contributed by atoms with E-state index in [1.165, 1.54) is 29.8 Å². The average Bonchev–Trinajstić information content (AvgIpc) is 3.54. The van der Waals surface area contributed by atoms with Crippen molar-refractivity contribution in [3.8, 4) is 17.6 Å². The van der Waals surface area contributed by atoms with Gasteiger partial charge in [-0.05, 0) is 55.3 Å². The molecule has 2 aromatic carbocycles. The van der Waals surface area contributed by atoms with Crippen LogP contribution in [0.25, 0.3) is 10.2 Å². The standard InChI is InChI=1S/C28H25ClFN5O3S/c1-2-37-28(36)35-21-11-19(31-14-21)6-8-22-13-23-26(32-16-33-27(23)39-22)34-20-7-9-25(24(29)12-20)38-15-17-4-3-5-18(30)10-17/h3-5,7,9-10,12-13,16,19,21,31H,2,11,14-15H2,1H3,(H,35,36)(H,32,33,34)/t19-,21+/m1/s1.